The second kappa shape index (κ2) is 19.3. The number of allylic oxidation sites excluding steroid dienone is 2. The number of hydrogen-bond acceptors (Lipinski definition) is 13. The van der Waals surface area contributed by atoms with Crippen molar-refractivity contribution < 1.29 is 61.2 Å². The number of esters is 1. The summed E-state index contributed by atoms with van der Waals surface area (Å²) in [5, 5.41) is 30.7. The molecule has 0 bridgehead atoms. The number of ketones is 1. The first-order valence-electron chi connectivity index (χ1n) is 25.2. The zero-order chi connectivity index (χ0) is 50.5. The quantitative estimate of drug-likeness (QED) is 0.0346. The number of phenols is 2. The van der Waals surface area contributed by atoms with E-state index in [1.54, 1.807) is 31.2 Å². The number of aromatic hydroxyl groups is 2. The number of fused-ring (bicyclic) bond motifs is 11. The van der Waals surface area contributed by atoms with Gasteiger partial charge in [-0.3, -0.25) is 14.4 Å². The van der Waals surface area contributed by atoms with Gasteiger partial charge in [-0.05, 0) is 129 Å². The Bertz CT molecular complexity index is 2760. The third-order valence-corrected chi connectivity index (χ3v) is 18.1. The van der Waals surface area contributed by atoms with Crippen molar-refractivity contribution in [3.05, 3.63) is 94.1 Å². The van der Waals surface area contributed by atoms with Crippen LogP contribution in [0.1, 0.15) is 129 Å². The lowest BCUT2D eigenvalue weighted by Crippen LogP contribution is -2.51. The Morgan fingerprint density at radius 3 is 2.18 bits per heavy atom. The molecule has 4 N–H and O–H groups in total. The number of rotatable bonds is 17. The minimum atomic E-state index is -4.41. The van der Waals surface area contributed by atoms with Crippen molar-refractivity contribution in [2.24, 2.45) is 39.7 Å². The van der Waals surface area contributed by atoms with Gasteiger partial charge in [-0.15, -0.1) is 0 Å². The Morgan fingerprint density at radius 2 is 1.51 bits per heavy atom. The lowest BCUT2D eigenvalue weighted by Gasteiger charge is -2.58. The zero-order valence-electron chi connectivity index (χ0n) is 41.1. The van der Waals surface area contributed by atoms with Gasteiger partial charge in [0.15, 0.2) is 12.2 Å². The van der Waals surface area contributed by atoms with Crippen LogP contribution >= 0.6 is 0 Å². The third kappa shape index (κ3) is 9.68. The first-order chi connectivity index (χ1) is 33.7. The molecule has 0 saturated heterocycles. The van der Waals surface area contributed by atoms with Crippen molar-refractivity contribution in [2.75, 3.05) is 52.1 Å². The van der Waals surface area contributed by atoms with E-state index in [1.807, 2.05) is 7.05 Å². The number of quaternary nitrogens is 1. The predicted molar refractivity (Wildman–Crippen MR) is 262 cm³/mol. The summed E-state index contributed by atoms with van der Waals surface area (Å²) in [5.74, 6) is 0.902. The highest BCUT2D eigenvalue weighted by Gasteiger charge is 2.60. The number of nitrogens with one attached hydrogen (secondary N) is 2. The maximum Gasteiger partial charge on any atom is 0.340 e. The Labute approximate surface area is 415 Å². The molecular formula is C54H66N4O12S. The number of ether oxygens (including phenoxy) is 2. The molecule has 71 heavy (non-hydrogen) atoms. The van der Waals surface area contributed by atoms with Crippen LogP contribution in [0, 0.1) is 34.5 Å². The van der Waals surface area contributed by atoms with Crippen molar-refractivity contribution >= 4 is 39.4 Å². The molecule has 4 aliphatic carbocycles. The zero-order valence-corrected chi connectivity index (χ0v) is 41.9. The number of phenolic OH excluding ortho intramolecular Hbond substituents is 2. The number of nitrogens with zero attached hydrogens (tertiary/aromatic N) is 2. The maximum atomic E-state index is 13.6. The van der Waals surface area contributed by atoms with E-state index in [0.29, 0.717) is 83.7 Å². The second-order valence-corrected chi connectivity index (χ2v) is 23.2. The molecule has 7 unspecified atom stereocenters. The van der Waals surface area contributed by atoms with Gasteiger partial charge in [-0.1, -0.05) is 30.6 Å². The van der Waals surface area contributed by atoms with Gasteiger partial charge in [0, 0.05) is 78.4 Å². The molecular weight excluding hydrogens is 929 g/mol. The van der Waals surface area contributed by atoms with Crippen LogP contribution < -0.4 is 15.4 Å². The SMILES string of the molecule is CC(=O)C1CCC2C3CCC4=C/C(=N\OCC(=O)NCCC[N+](C)(CCCNC(=O)c5ccc6c(c5)C(=O)OC65c6ccc(O)cc6Oc6cc(O)ccc65)CCCS(=O)(=O)[O-])CCC4(C)C3CCC12C. The van der Waals surface area contributed by atoms with E-state index >= 15 is 0 Å². The van der Waals surface area contributed by atoms with Gasteiger partial charge in [0.25, 0.3) is 11.8 Å². The van der Waals surface area contributed by atoms with Crippen LogP contribution in [0.4, 0.5) is 0 Å². The molecule has 3 aromatic carbocycles. The molecule has 7 atom stereocenters. The van der Waals surface area contributed by atoms with Gasteiger partial charge in [0.05, 0.1) is 48.1 Å². The summed E-state index contributed by atoms with van der Waals surface area (Å²) in [4.78, 5) is 58.1. The maximum absolute atomic E-state index is 13.6. The van der Waals surface area contributed by atoms with E-state index < -0.39 is 33.3 Å². The Balaban J connectivity index is 0.756. The van der Waals surface area contributed by atoms with Crippen LogP contribution in [0.5, 0.6) is 23.0 Å². The average molecular weight is 995 g/mol. The molecule has 3 aromatic rings. The van der Waals surface area contributed by atoms with E-state index in [9.17, 15) is 42.4 Å². The van der Waals surface area contributed by atoms with Crippen LogP contribution in [-0.4, -0.2) is 109 Å². The highest BCUT2D eigenvalue weighted by molar-refractivity contribution is 7.85. The predicted octanol–water partition coefficient (Wildman–Crippen LogP) is 7.21. The molecule has 2 heterocycles. The van der Waals surface area contributed by atoms with Crippen molar-refractivity contribution in [1.82, 2.24) is 10.6 Å². The monoisotopic (exact) mass is 994 g/mol. The van der Waals surface area contributed by atoms with Gasteiger partial charge < -0.3 is 44.2 Å². The summed E-state index contributed by atoms with van der Waals surface area (Å²) < 4.78 is 47.0. The van der Waals surface area contributed by atoms with E-state index in [0.717, 1.165) is 57.1 Å². The molecule has 17 heteroatoms. The number of carbonyl (C=O) groups excluding carboxylic acids is 4. The highest BCUT2D eigenvalue weighted by atomic mass is 32.2. The third-order valence-electron chi connectivity index (χ3n) is 17.3. The largest absolute Gasteiger partial charge is 0.748 e. The molecule has 3 saturated carbocycles. The first-order valence-corrected chi connectivity index (χ1v) is 26.8. The molecule has 2 amide bonds. The van der Waals surface area contributed by atoms with Crippen LogP contribution in [-0.2, 0) is 34.9 Å². The van der Waals surface area contributed by atoms with Crippen molar-refractivity contribution in [3.8, 4) is 23.0 Å². The number of benzene rings is 3. The van der Waals surface area contributed by atoms with E-state index in [4.69, 9.17) is 14.3 Å². The summed E-state index contributed by atoms with van der Waals surface area (Å²) >= 11 is 0. The number of oxime groups is 1. The fourth-order valence-corrected chi connectivity index (χ4v) is 14.3. The molecule has 1 spiro atoms. The van der Waals surface area contributed by atoms with Gasteiger partial charge in [-0.25, -0.2) is 13.2 Å². The fourth-order valence-electron chi connectivity index (χ4n) is 13.8. The van der Waals surface area contributed by atoms with E-state index in [2.05, 4.69) is 35.7 Å². The summed E-state index contributed by atoms with van der Waals surface area (Å²) in [5.41, 5.74) is 2.88. The summed E-state index contributed by atoms with van der Waals surface area (Å²) in [6.07, 6.45) is 11.8. The number of amides is 2. The number of hydrogen-bond donors (Lipinski definition) is 4. The molecule has 0 radical (unpaired) electrons. The minimum Gasteiger partial charge on any atom is -0.748 e. The topological polar surface area (TPSA) is 230 Å². The van der Waals surface area contributed by atoms with Crippen LogP contribution in [0.2, 0.25) is 0 Å². The van der Waals surface area contributed by atoms with Crippen LogP contribution in [0.15, 0.2) is 71.4 Å². The molecule has 16 nitrogen and oxygen atoms in total. The second-order valence-electron chi connectivity index (χ2n) is 21.7. The lowest BCUT2D eigenvalue weighted by molar-refractivity contribution is -0.909. The Morgan fingerprint density at radius 1 is 0.845 bits per heavy atom. The van der Waals surface area contributed by atoms with Crippen LogP contribution in [0.25, 0.3) is 0 Å². The number of Topliss-reactive ketones (excluding diaryl/α,β-unsaturated/α-hetero) is 1. The summed E-state index contributed by atoms with van der Waals surface area (Å²) in [7, 11) is -2.46. The molecule has 6 aliphatic rings. The highest BCUT2D eigenvalue weighted by Crippen LogP contribution is 2.67. The van der Waals surface area contributed by atoms with E-state index in [-0.39, 0.29) is 76.4 Å². The fraction of sp³-hybridized carbons (Fsp3) is 0.537. The smallest absolute Gasteiger partial charge is 0.340 e. The van der Waals surface area contributed by atoms with Crippen molar-refractivity contribution in [1.29, 1.82) is 0 Å². The van der Waals surface area contributed by atoms with Crippen molar-refractivity contribution in [2.45, 2.75) is 97.0 Å². The van der Waals surface area contributed by atoms with Gasteiger partial charge in [0.2, 0.25) is 0 Å². The standard InChI is InChI=1S/C54H66N4O12S/c1-33(59)41-16-17-42-39-12-9-35-29-36(18-20-52(35,2)43(39)19-21-53(41,42)3)57-68-32-49(62)55-22-5-24-58(4,26-7-27-71(65,66)67)25-6-23-56-50(63)34-8-13-44-40(28-34)51(64)70-54(44)45-14-10-37(60)30-47(45)69-48-31-38(61)11-15-46(48)54/h8,10-11,13-15,28-31,39,41-43H,5-7,9,12,16-27,32H2,1-4H3,(H4-,55,56,60,61,62,63,65,66,67)/b57-36-. The van der Waals surface area contributed by atoms with Gasteiger partial charge in [0.1, 0.15) is 28.8 Å². The molecule has 0 aromatic heterocycles. The first kappa shape index (κ1) is 50.2. The number of carbonyl (C=O) groups is 4. The van der Waals surface area contributed by atoms with Gasteiger partial charge >= 0.3 is 5.97 Å². The Hall–Kier alpha value is -5.78. The van der Waals surface area contributed by atoms with E-state index in [1.165, 1.54) is 35.9 Å². The molecule has 9 rings (SSSR count). The minimum absolute atomic E-state index is 0.0640. The van der Waals surface area contributed by atoms with Crippen LogP contribution in [0.3, 0.4) is 0 Å². The summed E-state index contributed by atoms with van der Waals surface area (Å²) in [6, 6.07) is 13.7. The van der Waals surface area contributed by atoms with Crippen molar-refractivity contribution in [3.63, 3.8) is 0 Å². The molecule has 3 fully saturated rings. The summed E-state index contributed by atoms with van der Waals surface area (Å²) in [6.45, 7) is 8.47. The normalized spacial score (nSPS) is 27.0. The average Bonchev–Trinajstić information content (AvgIpc) is 3.82. The lowest BCUT2D eigenvalue weighted by atomic mass is 9.46. The van der Waals surface area contributed by atoms with Gasteiger partial charge in [-0.2, -0.15) is 0 Å². The Kier molecular flexibility index (Phi) is 13.7. The molecule has 380 valence electrons. The molecule has 2 aliphatic heterocycles.